The van der Waals surface area contributed by atoms with E-state index in [4.69, 9.17) is 10.5 Å². The van der Waals surface area contributed by atoms with Crippen molar-refractivity contribution < 1.29 is 17.9 Å². The Balaban J connectivity index is 2.24. The van der Waals surface area contributed by atoms with Crippen molar-refractivity contribution >= 4 is 21.4 Å². The number of rotatable bonds is 5. The van der Waals surface area contributed by atoms with Gasteiger partial charge in [0.15, 0.2) is 0 Å². The number of carbonyl (C=O) groups is 1. The fourth-order valence-electron chi connectivity index (χ4n) is 1.86. The molecule has 23 heavy (non-hydrogen) atoms. The first-order valence-electron chi connectivity index (χ1n) is 6.90. The lowest BCUT2D eigenvalue weighted by molar-refractivity contribution is -0.117. The first kappa shape index (κ1) is 17.0. The highest BCUT2D eigenvalue weighted by Crippen LogP contribution is 2.24. The van der Waals surface area contributed by atoms with Gasteiger partial charge in [-0.15, -0.1) is 0 Å². The first-order chi connectivity index (χ1) is 10.8. The fraction of sp³-hybridized carbons (Fsp3) is 0.188. The van der Waals surface area contributed by atoms with Crippen LogP contribution in [0, 0.1) is 0 Å². The number of sulfone groups is 1. The van der Waals surface area contributed by atoms with Crippen molar-refractivity contribution in [3.8, 4) is 5.75 Å². The molecule has 0 heterocycles. The van der Waals surface area contributed by atoms with Gasteiger partial charge in [-0.3, -0.25) is 4.79 Å². The van der Waals surface area contributed by atoms with Gasteiger partial charge in [-0.25, -0.2) is 8.42 Å². The van der Waals surface area contributed by atoms with Crippen molar-refractivity contribution in [2.24, 2.45) is 5.73 Å². The van der Waals surface area contributed by atoms with Crippen LogP contribution in [0.5, 0.6) is 5.75 Å². The molecule has 6 nitrogen and oxygen atoms in total. The number of carbonyl (C=O) groups excluding carboxylic acids is 1. The highest BCUT2D eigenvalue weighted by molar-refractivity contribution is 7.91. The highest BCUT2D eigenvalue weighted by Gasteiger charge is 2.17. The number of ether oxygens (including phenoxy) is 1. The molecule has 2 aromatic carbocycles. The minimum Gasteiger partial charge on any atom is -0.497 e. The second-order valence-corrected chi connectivity index (χ2v) is 6.93. The second-order valence-electron chi connectivity index (χ2n) is 4.98. The van der Waals surface area contributed by atoms with Crippen LogP contribution in [-0.2, 0) is 14.6 Å². The summed E-state index contributed by atoms with van der Waals surface area (Å²) in [5.74, 6) is 0.244. The van der Waals surface area contributed by atoms with Crippen LogP contribution in [0.15, 0.2) is 58.3 Å². The Bertz CT molecular complexity index is 782. The fourth-order valence-corrected chi connectivity index (χ4v) is 3.13. The molecule has 0 saturated heterocycles. The number of nitrogens with two attached hydrogens (primary N) is 1. The van der Waals surface area contributed by atoms with Crippen molar-refractivity contribution in [2.45, 2.75) is 22.8 Å². The van der Waals surface area contributed by atoms with Gasteiger partial charge >= 0.3 is 0 Å². The molecule has 0 aliphatic carbocycles. The third-order valence-corrected chi connectivity index (χ3v) is 5.00. The molecule has 0 aromatic heterocycles. The Morgan fingerprint density at radius 3 is 1.96 bits per heavy atom. The number of methoxy groups -OCH3 is 1. The summed E-state index contributed by atoms with van der Waals surface area (Å²) < 4.78 is 30.1. The van der Waals surface area contributed by atoms with E-state index in [1.165, 1.54) is 43.5 Å². The van der Waals surface area contributed by atoms with Gasteiger partial charge in [0.05, 0.1) is 22.9 Å². The normalized spacial score (nSPS) is 12.5. The molecule has 0 aliphatic heterocycles. The van der Waals surface area contributed by atoms with Crippen LogP contribution in [0.2, 0.25) is 0 Å². The first-order valence-corrected chi connectivity index (χ1v) is 8.38. The van der Waals surface area contributed by atoms with E-state index in [9.17, 15) is 13.2 Å². The SMILES string of the molecule is COc1ccc(S(=O)(=O)c2ccc(NC(=O)C(C)N)cc2)cc1. The van der Waals surface area contributed by atoms with Crippen LogP contribution in [0.4, 0.5) is 5.69 Å². The number of benzene rings is 2. The van der Waals surface area contributed by atoms with Gasteiger partial charge in [0, 0.05) is 5.69 Å². The van der Waals surface area contributed by atoms with Gasteiger partial charge in [-0.2, -0.15) is 0 Å². The molecule has 0 fully saturated rings. The molecule has 1 amide bonds. The molecule has 7 heteroatoms. The molecule has 2 rings (SSSR count). The molecule has 0 radical (unpaired) electrons. The lowest BCUT2D eigenvalue weighted by Gasteiger charge is -2.09. The van der Waals surface area contributed by atoms with Crippen molar-refractivity contribution in [1.82, 2.24) is 0 Å². The van der Waals surface area contributed by atoms with Gasteiger partial charge in [0.2, 0.25) is 15.7 Å². The third-order valence-electron chi connectivity index (χ3n) is 3.22. The standard InChI is InChI=1S/C16H18N2O4S/c1-11(17)16(19)18-12-3-7-14(8-4-12)23(20,21)15-9-5-13(22-2)6-10-15/h3-11H,17H2,1-2H3,(H,18,19). The second kappa shape index (κ2) is 6.80. The number of hydrogen-bond acceptors (Lipinski definition) is 5. The minimum absolute atomic E-state index is 0.140. The molecule has 3 N–H and O–H groups in total. The van der Waals surface area contributed by atoms with Crippen LogP contribution in [0.25, 0.3) is 0 Å². The molecule has 0 bridgehead atoms. The zero-order chi connectivity index (χ0) is 17.0. The van der Waals surface area contributed by atoms with Crippen LogP contribution >= 0.6 is 0 Å². The maximum atomic E-state index is 12.5. The summed E-state index contributed by atoms with van der Waals surface area (Å²) in [4.78, 5) is 11.8. The Morgan fingerprint density at radius 1 is 1.04 bits per heavy atom. The van der Waals surface area contributed by atoms with Crippen molar-refractivity contribution in [3.05, 3.63) is 48.5 Å². The Kier molecular flexibility index (Phi) is 5.02. The molecule has 2 aromatic rings. The summed E-state index contributed by atoms with van der Waals surface area (Å²) in [5.41, 5.74) is 5.95. The van der Waals surface area contributed by atoms with Gasteiger partial charge in [-0.1, -0.05) is 0 Å². The van der Waals surface area contributed by atoms with Crippen LogP contribution in [-0.4, -0.2) is 27.5 Å². The van der Waals surface area contributed by atoms with Crippen molar-refractivity contribution in [2.75, 3.05) is 12.4 Å². The zero-order valence-corrected chi connectivity index (χ0v) is 13.6. The average molecular weight is 334 g/mol. The van der Waals surface area contributed by atoms with E-state index in [0.717, 1.165) is 0 Å². The van der Waals surface area contributed by atoms with E-state index in [2.05, 4.69) is 5.32 Å². The molecule has 0 aliphatic rings. The average Bonchev–Trinajstić information content (AvgIpc) is 2.55. The minimum atomic E-state index is -3.62. The predicted molar refractivity (Wildman–Crippen MR) is 87.2 cm³/mol. The lowest BCUT2D eigenvalue weighted by atomic mass is 10.3. The molecule has 1 unspecified atom stereocenters. The molecule has 0 spiro atoms. The van der Waals surface area contributed by atoms with E-state index in [-0.39, 0.29) is 15.7 Å². The monoisotopic (exact) mass is 334 g/mol. The largest absolute Gasteiger partial charge is 0.497 e. The summed E-state index contributed by atoms with van der Waals surface area (Å²) in [6.45, 7) is 1.57. The molecule has 122 valence electrons. The van der Waals surface area contributed by atoms with Gasteiger partial charge in [0.1, 0.15) is 5.75 Å². The van der Waals surface area contributed by atoms with Crippen molar-refractivity contribution in [3.63, 3.8) is 0 Å². The zero-order valence-electron chi connectivity index (χ0n) is 12.8. The van der Waals surface area contributed by atoms with E-state index in [0.29, 0.717) is 11.4 Å². The van der Waals surface area contributed by atoms with E-state index >= 15 is 0 Å². The number of amides is 1. The van der Waals surface area contributed by atoms with Crippen LogP contribution in [0.1, 0.15) is 6.92 Å². The van der Waals surface area contributed by atoms with Gasteiger partial charge < -0.3 is 15.8 Å². The van der Waals surface area contributed by atoms with E-state index in [1.54, 1.807) is 19.1 Å². The summed E-state index contributed by atoms with van der Waals surface area (Å²) in [6, 6.07) is 11.4. The number of nitrogens with one attached hydrogen (secondary N) is 1. The van der Waals surface area contributed by atoms with E-state index < -0.39 is 15.9 Å². The topological polar surface area (TPSA) is 98.5 Å². The van der Waals surface area contributed by atoms with Crippen LogP contribution in [0.3, 0.4) is 0 Å². The summed E-state index contributed by atoms with van der Waals surface area (Å²) in [7, 11) is -2.11. The van der Waals surface area contributed by atoms with Gasteiger partial charge in [0.25, 0.3) is 0 Å². The molecule has 1 atom stereocenters. The Morgan fingerprint density at radius 2 is 1.52 bits per heavy atom. The van der Waals surface area contributed by atoms with Crippen LogP contribution < -0.4 is 15.8 Å². The van der Waals surface area contributed by atoms with E-state index in [1.807, 2.05) is 0 Å². The number of anilines is 1. The maximum Gasteiger partial charge on any atom is 0.240 e. The highest BCUT2D eigenvalue weighted by atomic mass is 32.2. The smallest absolute Gasteiger partial charge is 0.240 e. The molecular weight excluding hydrogens is 316 g/mol. The Hall–Kier alpha value is -2.38. The molecular formula is C16H18N2O4S. The lowest BCUT2D eigenvalue weighted by Crippen LogP contribution is -2.32. The quantitative estimate of drug-likeness (QED) is 0.869. The third kappa shape index (κ3) is 3.88. The van der Waals surface area contributed by atoms with Crippen molar-refractivity contribution in [1.29, 1.82) is 0 Å². The summed E-state index contributed by atoms with van der Waals surface area (Å²) in [6.07, 6.45) is 0. The predicted octanol–water partition coefficient (Wildman–Crippen LogP) is 1.81. The summed E-state index contributed by atoms with van der Waals surface area (Å²) >= 11 is 0. The Labute approximate surface area is 135 Å². The summed E-state index contributed by atoms with van der Waals surface area (Å²) in [5, 5.41) is 2.60. The van der Waals surface area contributed by atoms with Gasteiger partial charge in [-0.05, 0) is 55.5 Å². The molecule has 0 saturated carbocycles. The number of hydrogen-bond donors (Lipinski definition) is 2. The maximum absolute atomic E-state index is 12.5.